The number of carbonyl (C=O) groups is 2. The van der Waals surface area contributed by atoms with Gasteiger partial charge in [-0.1, -0.05) is 48.5 Å². The molecule has 33 heavy (non-hydrogen) atoms. The molecule has 0 unspecified atom stereocenters. The summed E-state index contributed by atoms with van der Waals surface area (Å²) in [6, 6.07) is 16.1. The quantitative estimate of drug-likeness (QED) is 0.706. The first-order chi connectivity index (χ1) is 15.9. The predicted octanol–water partition coefficient (Wildman–Crippen LogP) is 2.74. The molecule has 1 aliphatic carbocycles. The van der Waals surface area contributed by atoms with Crippen LogP contribution in [0.25, 0.3) is 5.57 Å². The van der Waals surface area contributed by atoms with Crippen LogP contribution in [-0.4, -0.2) is 68.8 Å². The van der Waals surface area contributed by atoms with Crippen LogP contribution in [0, 0.1) is 0 Å². The molecule has 3 aliphatic heterocycles. The third kappa shape index (κ3) is 2.27. The van der Waals surface area contributed by atoms with Gasteiger partial charge in [-0.15, -0.1) is 23.5 Å². The normalized spacial score (nSPS) is 33.9. The Bertz CT molecular complexity index is 1230. The van der Waals surface area contributed by atoms with Gasteiger partial charge in [0.25, 0.3) is 11.8 Å². The molecule has 2 amide bonds. The van der Waals surface area contributed by atoms with Gasteiger partial charge < -0.3 is 15.3 Å². The Morgan fingerprint density at radius 3 is 2.58 bits per heavy atom. The molecule has 0 radical (unpaired) electrons. The van der Waals surface area contributed by atoms with Crippen molar-refractivity contribution in [1.29, 1.82) is 0 Å². The van der Waals surface area contributed by atoms with Crippen LogP contribution in [0.1, 0.15) is 16.7 Å². The molecule has 4 aliphatic rings. The smallest absolute Gasteiger partial charge is 0.263 e. The van der Waals surface area contributed by atoms with Gasteiger partial charge in [-0.05, 0) is 47.3 Å². The highest BCUT2D eigenvalue weighted by Crippen LogP contribution is 2.64. The van der Waals surface area contributed by atoms with E-state index in [1.807, 2.05) is 48.9 Å². The van der Waals surface area contributed by atoms with Gasteiger partial charge in [-0.2, -0.15) is 0 Å². The van der Waals surface area contributed by atoms with Crippen LogP contribution < -0.4 is 5.32 Å². The van der Waals surface area contributed by atoms with E-state index in [1.54, 1.807) is 11.9 Å². The molecule has 5 atom stereocenters. The maximum absolute atomic E-state index is 13.9. The average molecular weight is 480 g/mol. The third-order valence-corrected chi connectivity index (χ3v) is 9.94. The summed E-state index contributed by atoms with van der Waals surface area (Å²) in [5.41, 5.74) is 4.10. The number of thioether (sulfide) groups is 2. The molecule has 8 heteroatoms. The van der Waals surface area contributed by atoms with E-state index < -0.39 is 27.9 Å². The fourth-order valence-corrected chi connectivity index (χ4v) is 8.25. The van der Waals surface area contributed by atoms with E-state index in [1.165, 1.54) is 34.0 Å². The molecule has 0 saturated carbocycles. The Balaban J connectivity index is 1.67. The number of anilines is 1. The number of nitrogens with one attached hydrogen (secondary N) is 1. The number of hydrogen-bond donors (Lipinski definition) is 2. The highest BCUT2D eigenvalue weighted by atomic mass is 32.2. The summed E-state index contributed by atoms with van der Waals surface area (Å²) in [6.07, 6.45) is 4.87. The minimum absolute atomic E-state index is 0.155. The van der Waals surface area contributed by atoms with Gasteiger partial charge in [0, 0.05) is 12.7 Å². The van der Waals surface area contributed by atoms with E-state index in [0.717, 1.165) is 28.8 Å². The summed E-state index contributed by atoms with van der Waals surface area (Å²) in [5, 5.41) is 15.3. The first-order valence-corrected chi connectivity index (χ1v) is 13.5. The zero-order valence-electron chi connectivity index (χ0n) is 18.6. The van der Waals surface area contributed by atoms with Crippen molar-refractivity contribution in [3.05, 3.63) is 71.3 Å². The topological polar surface area (TPSA) is 72.9 Å². The molecule has 6 rings (SSSR count). The number of nitrogens with zero attached hydrogens (tertiary/aromatic N) is 2. The lowest BCUT2D eigenvalue weighted by molar-refractivity contribution is -0.160. The monoisotopic (exact) mass is 479 g/mol. The SMILES string of the molecule is CS[C@H]1C(=O)N2[C@H]3Nc4ccccc4[C@@]3(C3=CCc4ccccc43)[C@H](O)[C@]2(SC)C(=O)N1C. The van der Waals surface area contributed by atoms with Crippen LogP contribution in [0.5, 0.6) is 0 Å². The number of piperazine rings is 1. The second-order valence-electron chi connectivity index (χ2n) is 8.96. The van der Waals surface area contributed by atoms with Gasteiger partial charge >= 0.3 is 0 Å². The fraction of sp³-hybridized carbons (Fsp3) is 0.360. The molecular formula is C25H25N3O3S2. The lowest BCUT2D eigenvalue weighted by Crippen LogP contribution is -2.70. The van der Waals surface area contributed by atoms with Crippen LogP contribution in [0.2, 0.25) is 0 Å². The maximum Gasteiger partial charge on any atom is 0.263 e. The largest absolute Gasteiger partial charge is 0.388 e. The minimum Gasteiger partial charge on any atom is -0.388 e. The van der Waals surface area contributed by atoms with Gasteiger partial charge in [-0.25, -0.2) is 0 Å². The van der Waals surface area contributed by atoms with E-state index in [9.17, 15) is 14.7 Å². The Morgan fingerprint density at radius 2 is 1.82 bits per heavy atom. The molecule has 2 N–H and O–H groups in total. The van der Waals surface area contributed by atoms with Crippen molar-refractivity contribution < 1.29 is 14.7 Å². The lowest BCUT2D eigenvalue weighted by atomic mass is 9.68. The summed E-state index contributed by atoms with van der Waals surface area (Å²) in [4.78, 5) is 29.6. The van der Waals surface area contributed by atoms with Crippen LogP contribution in [0.3, 0.4) is 0 Å². The fourth-order valence-electron chi connectivity index (χ4n) is 6.40. The van der Waals surface area contributed by atoms with E-state index in [-0.39, 0.29) is 11.8 Å². The molecule has 0 bridgehead atoms. The standard InChI is InChI=1S/C25H25N3O3S2/c1-27-20(32-2)19(29)28-22-24(17-10-6-7-11-18(17)26-22,21(30)25(28,33-3)23(27)31)16-13-12-14-8-4-5-9-15(14)16/h4-11,13,20-22,26,30H,12H2,1-3H3/t20-,21-,22+,24-,25-/m0/s1. The number of hydrogen-bond acceptors (Lipinski definition) is 6. The Kier molecular flexibility index (Phi) is 4.51. The number of amides is 2. The summed E-state index contributed by atoms with van der Waals surface area (Å²) >= 11 is 2.60. The van der Waals surface area contributed by atoms with Gasteiger partial charge in [0.2, 0.25) is 0 Å². The summed E-state index contributed by atoms with van der Waals surface area (Å²) in [6.45, 7) is 0. The molecule has 0 aromatic heterocycles. The van der Waals surface area contributed by atoms with E-state index in [4.69, 9.17) is 0 Å². The number of aliphatic hydroxyl groups is 1. The Morgan fingerprint density at radius 1 is 1.09 bits per heavy atom. The second kappa shape index (κ2) is 7.04. The predicted molar refractivity (Wildman–Crippen MR) is 133 cm³/mol. The van der Waals surface area contributed by atoms with Gasteiger partial charge in [0.15, 0.2) is 10.2 Å². The molecule has 6 nitrogen and oxygen atoms in total. The lowest BCUT2D eigenvalue weighted by Gasteiger charge is -2.48. The van der Waals surface area contributed by atoms with Crippen molar-refractivity contribution in [2.45, 2.75) is 34.4 Å². The molecule has 170 valence electrons. The van der Waals surface area contributed by atoms with Crippen molar-refractivity contribution in [3.8, 4) is 0 Å². The summed E-state index contributed by atoms with van der Waals surface area (Å²) in [7, 11) is 1.66. The molecule has 3 heterocycles. The number of rotatable bonds is 3. The molecular weight excluding hydrogens is 454 g/mol. The second-order valence-corrected chi connectivity index (χ2v) is 10.9. The molecule has 2 saturated heterocycles. The van der Waals surface area contributed by atoms with E-state index >= 15 is 0 Å². The summed E-state index contributed by atoms with van der Waals surface area (Å²) < 4.78 is 0. The zero-order valence-corrected chi connectivity index (χ0v) is 20.2. The van der Waals surface area contributed by atoms with Crippen molar-refractivity contribution in [2.75, 3.05) is 24.9 Å². The number of likely N-dealkylation sites (N-methyl/N-ethyl adjacent to an activating group) is 1. The van der Waals surface area contributed by atoms with Crippen LogP contribution in [0.4, 0.5) is 5.69 Å². The molecule has 2 aromatic carbocycles. The van der Waals surface area contributed by atoms with Crippen molar-refractivity contribution in [3.63, 3.8) is 0 Å². The molecule has 0 spiro atoms. The third-order valence-electron chi connectivity index (χ3n) is 7.76. The first-order valence-electron chi connectivity index (χ1n) is 11.0. The van der Waals surface area contributed by atoms with Crippen molar-refractivity contribution >= 4 is 46.6 Å². The Labute approximate surface area is 201 Å². The number of carbonyl (C=O) groups excluding carboxylic acids is 2. The molecule has 2 fully saturated rings. The maximum atomic E-state index is 13.9. The summed E-state index contributed by atoms with van der Waals surface area (Å²) in [5.74, 6) is -0.390. The van der Waals surface area contributed by atoms with E-state index in [2.05, 4.69) is 23.5 Å². The highest BCUT2D eigenvalue weighted by Gasteiger charge is 2.77. The number of benzene rings is 2. The number of para-hydroxylation sites is 1. The zero-order chi connectivity index (χ0) is 23.1. The van der Waals surface area contributed by atoms with Crippen LogP contribution >= 0.6 is 23.5 Å². The number of allylic oxidation sites excluding steroid dienone is 1. The van der Waals surface area contributed by atoms with Crippen LogP contribution in [0.15, 0.2) is 54.6 Å². The van der Waals surface area contributed by atoms with Crippen molar-refractivity contribution in [2.24, 2.45) is 0 Å². The van der Waals surface area contributed by atoms with Gasteiger partial charge in [0.05, 0.1) is 5.41 Å². The van der Waals surface area contributed by atoms with Gasteiger partial charge in [-0.3, -0.25) is 14.5 Å². The number of aliphatic hydroxyl groups excluding tert-OH is 1. The first kappa shape index (κ1) is 21.1. The highest BCUT2D eigenvalue weighted by molar-refractivity contribution is 8.01. The number of fused-ring (bicyclic) bond motifs is 6. The molecule has 2 aromatic rings. The van der Waals surface area contributed by atoms with Gasteiger partial charge in [0.1, 0.15) is 12.3 Å². The van der Waals surface area contributed by atoms with Crippen molar-refractivity contribution in [1.82, 2.24) is 9.80 Å². The van der Waals surface area contributed by atoms with Crippen LogP contribution in [-0.2, 0) is 21.4 Å². The minimum atomic E-state index is -1.42. The average Bonchev–Trinajstić information content (AvgIpc) is 3.46. The Hall–Kier alpha value is -2.42. The van der Waals surface area contributed by atoms with E-state index in [0.29, 0.717) is 0 Å².